The van der Waals surface area contributed by atoms with Crippen LogP contribution in [0.25, 0.3) is 0 Å². The SMILES string of the molecule is Cc1nc(N2CCC3(CO[C@@H](C)C3)C(N[S@+]([O-])C(C)(C)C)C2)n(C=N)c(=N)c1Br. The molecule has 3 N–H and O–H groups in total. The van der Waals surface area contributed by atoms with E-state index in [-0.39, 0.29) is 27.8 Å². The highest BCUT2D eigenvalue weighted by atomic mass is 79.9. The average molecular weight is 487 g/mol. The van der Waals surface area contributed by atoms with Gasteiger partial charge in [-0.2, -0.15) is 0 Å². The van der Waals surface area contributed by atoms with E-state index < -0.39 is 11.4 Å². The van der Waals surface area contributed by atoms with Crippen molar-refractivity contribution in [3.63, 3.8) is 0 Å². The molecule has 2 saturated heterocycles. The van der Waals surface area contributed by atoms with Gasteiger partial charge in [-0.05, 0) is 63.4 Å². The lowest BCUT2D eigenvalue weighted by Gasteiger charge is -2.46. The zero-order valence-corrected chi connectivity index (χ0v) is 20.1. The van der Waals surface area contributed by atoms with E-state index in [4.69, 9.17) is 15.6 Å². The van der Waals surface area contributed by atoms with Crippen LogP contribution in [0.3, 0.4) is 0 Å². The zero-order valence-electron chi connectivity index (χ0n) is 17.7. The Kier molecular flexibility index (Phi) is 6.51. The number of aryl methyl sites for hydroxylation is 1. The van der Waals surface area contributed by atoms with Gasteiger partial charge in [0.1, 0.15) is 10.2 Å². The molecule has 4 atom stereocenters. The second-order valence-electron chi connectivity index (χ2n) is 9.09. The number of piperidine rings is 1. The number of nitrogens with one attached hydrogen (secondary N) is 3. The Morgan fingerprint density at radius 2 is 2.14 bits per heavy atom. The smallest absolute Gasteiger partial charge is 0.212 e. The summed E-state index contributed by atoms with van der Waals surface area (Å²) in [6, 6.07) is -0.0413. The van der Waals surface area contributed by atoms with Crippen LogP contribution in [0.2, 0.25) is 0 Å². The first-order valence-corrected chi connectivity index (χ1v) is 11.8. The molecular weight excluding hydrogens is 456 g/mol. The Morgan fingerprint density at radius 1 is 1.45 bits per heavy atom. The molecular formula is C19H31BrN6O2S. The number of halogens is 1. The molecule has 2 fully saturated rings. The van der Waals surface area contributed by atoms with Crippen molar-refractivity contribution in [1.29, 1.82) is 10.8 Å². The van der Waals surface area contributed by atoms with Crippen LogP contribution in [0, 0.1) is 23.2 Å². The molecule has 0 aliphatic carbocycles. The fourth-order valence-electron chi connectivity index (χ4n) is 4.08. The van der Waals surface area contributed by atoms with E-state index in [2.05, 4.69) is 37.5 Å². The van der Waals surface area contributed by atoms with Crippen LogP contribution in [0.1, 0.15) is 46.2 Å². The minimum Gasteiger partial charge on any atom is -0.598 e. The van der Waals surface area contributed by atoms with Gasteiger partial charge in [-0.1, -0.05) is 0 Å². The van der Waals surface area contributed by atoms with Crippen molar-refractivity contribution >= 4 is 39.6 Å². The van der Waals surface area contributed by atoms with E-state index in [1.54, 1.807) is 0 Å². The molecule has 0 aromatic carbocycles. The summed E-state index contributed by atoms with van der Waals surface area (Å²) in [5.41, 5.74) is 0.841. The third-order valence-corrected chi connectivity index (χ3v) is 8.40. The molecule has 3 rings (SSSR count). The van der Waals surface area contributed by atoms with Crippen molar-refractivity contribution < 1.29 is 9.29 Å². The van der Waals surface area contributed by atoms with E-state index >= 15 is 0 Å². The van der Waals surface area contributed by atoms with E-state index in [1.807, 2.05) is 27.7 Å². The minimum absolute atomic E-state index is 0.0413. The maximum Gasteiger partial charge on any atom is 0.212 e. The Labute approximate surface area is 183 Å². The van der Waals surface area contributed by atoms with E-state index in [0.717, 1.165) is 25.7 Å². The summed E-state index contributed by atoms with van der Waals surface area (Å²) in [5, 5.41) is 16.1. The molecule has 0 saturated carbocycles. The predicted octanol–water partition coefficient (Wildman–Crippen LogP) is 2.31. The lowest BCUT2D eigenvalue weighted by atomic mass is 9.73. The minimum atomic E-state index is -1.21. The maximum absolute atomic E-state index is 12.9. The lowest BCUT2D eigenvalue weighted by Crippen LogP contribution is -2.61. The van der Waals surface area contributed by atoms with Crippen molar-refractivity contribution in [3.8, 4) is 0 Å². The predicted molar refractivity (Wildman–Crippen MR) is 119 cm³/mol. The summed E-state index contributed by atoms with van der Waals surface area (Å²) >= 11 is 2.18. The highest BCUT2D eigenvalue weighted by molar-refractivity contribution is 9.10. The van der Waals surface area contributed by atoms with Gasteiger partial charge < -0.3 is 14.2 Å². The van der Waals surface area contributed by atoms with Crippen LogP contribution in [-0.2, 0) is 16.1 Å². The van der Waals surface area contributed by atoms with Gasteiger partial charge in [-0.25, -0.2) is 4.98 Å². The quantitative estimate of drug-likeness (QED) is 0.343. The van der Waals surface area contributed by atoms with Crippen molar-refractivity contribution in [2.45, 2.75) is 64.4 Å². The number of hydrogen-bond acceptors (Lipinski definition) is 7. The van der Waals surface area contributed by atoms with Crippen LogP contribution in [0.4, 0.5) is 5.95 Å². The Morgan fingerprint density at radius 3 is 2.69 bits per heavy atom. The molecule has 2 aliphatic rings. The maximum atomic E-state index is 12.9. The largest absolute Gasteiger partial charge is 0.598 e. The molecule has 8 nitrogen and oxygen atoms in total. The van der Waals surface area contributed by atoms with Gasteiger partial charge in [-0.15, -0.1) is 4.72 Å². The fourth-order valence-corrected chi connectivity index (χ4v) is 5.29. The summed E-state index contributed by atoms with van der Waals surface area (Å²) in [5.74, 6) is 0.570. The van der Waals surface area contributed by atoms with Gasteiger partial charge in [0.2, 0.25) is 5.95 Å². The van der Waals surface area contributed by atoms with Gasteiger partial charge in [0, 0.05) is 29.9 Å². The van der Waals surface area contributed by atoms with E-state index in [0.29, 0.717) is 29.3 Å². The molecule has 3 heterocycles. The second kappa shape index (κ2) is 8.30. The molecule has 29 heavy (non-hydrogen) atoms. The van der Waals surface area contributed by atoms with E-state index in [9.17, 15) is 4.55 Å². The topological polar surface area (TPSA) is 113 Å². The second-order valence-corrected chi connectivity index (χ2v) is 11.9. The third-order valence-electron chi connectivity index (χ3n) is 5.84. The number of hydrogen-bond donors (Lipinski definition) is 3. The monoisotopic (exact) mass is 486 g/mol. The van der Waals surface area contributed by atoms with Crippen LogP contribution in [0.15, 0.2) is 4.47 Å². The van der Waals surface area contributed by atoms with Crippen LogP contribution in [-0.4, -0.2) is 57.0 Å². The Balaban J connectivity index is 1.95. The van der Waals surface area contributed by atoms with Crippen molar-refractivity contribution in [3.05, 3.63) is 15.7 Å². The molecule has 1 spiro atoms. The fraction of sp³-hybridized carbons (Fsp3) is 0.737. The number of anilines is 1. The van der Waals surface area contributed by atoms with Crippen LogP contribution in [0.5, 0.6) is 0 Å². The molecule has 0 radical (unpaired) electrons. The zero-order chi connectivity index (χ0) is 21.6. The first kappa shape index (κ1) is 22.7. The summed E-state index contributed by atoms with van der Waals surface area (Å²) in [6.45, 7) is 11.8. The Hall–Kier alpha value is -0.940. The summed E-state index contributed by atoms with van der Waals surface area (Å²) in [6.07, 6.45) is 3.11. The normalized spacial score (nSPS) is 28.7. The van der Waals surface area contributed by atoms with Crippen molar-refractivity contribution in [2.75, 3.05) is 24.6 Å². The highest BCUT2D eigenvalue weighted by Gasteiger charge is 2.51. The van der Waals surface area contributed by atoms with E-state index in [1.165, 1.54) is 4.57 Å². The van der Waals surface area contributed by atoms with Crippen LogP contribution < -0.4 is 15.1 Å². The highest BCUT2D eigenvalue weighted by Crippen LogP contribution is 2.43. The van der Waals surface area contributed by atoms with Gasteiger partial charge in [-0.3, -0.25) is 15.4 Å². The van der Waals surface area contributed by atoms with Crippen molar-refractivity contribution in [1.82, 2.24) is 14.3 Å². The molecule has 2 aliphatic heterocycles. The average Bonchev–Trinajstić information content (AvgIpc) is 3.02. The molecule has 0 bridgehead atoms. The van der Waals surface area contributed by atoms with Gasteiger partial charge in [0.25, 0.3) is 0 Å². The molecule has 2 unspecified atom stereocenters. The third kappa shape index (κ3) is 4.41. The lowest BCUT2D eigenvalue weighted by molar-refractivity contribution is 0.0871. The Bertz CT molecular complexity index is 841. The molecule has 1 aromatic rings. The van der Waals surface area contributed by atoms with Gasteiger partial charge >= 0.3 is 0 Å². The standard InChI is InChI=1S/C19H31BrN6O2S/c1-12-8-19(10-28-12)6-7-25(9-14(19)24-29(27)18(3,4)5)17-23-13(2)15(20)16(22)26(17)11-21/h11-12,14,21-22,24H,6-10H2,1-5H3/t12-,14?,19?,29+/m0/s1. The van der Waals surface area contributed by atoms with Gasteiger partial charge in [0.05, 0.1) is 35.3 Å². The van der Waals surface area contributed by atoms with Gasteiger partial charge in [0.15, 0.2) is 0 Å². The first-order chi connectivity index (χ1) is 13.5. The molecule has 10 heteroatoms. The molecule has 162 valence electrons. The number of aromatic nitrogens is 2. The number of nitrogens with zero attached hydrogens (tertiary/aromatic N) is 3. The van der Waals surface area contributed by atoms with Crippen LogP contribution >= 0.6 is 15.9 Å². The summed E-state index contributed by atoms with van der Waals surface area (Å²) in [7, 11) is 0. The molecule has 1 aromatic heterocycles. The first-order valence-electron chi connectivity index (χ1n) is 9.87. The molecule has 0 amide bonds. The number of ether oxygens (including phenoxy) is 1. The van der Waals surface area contributed by atoms with Crippen molar-refractivity contribution in [2.24, 2.45) is 5.41 Å². The number of rotatable bonds is 4. The summed E-state index contributed by atoms with van der Waals surface area (Å²) in [4.78, 5) is 6.75. The summed E-state index contributed by atoms with van der Waals surface area (Å²) < 4.78 is 23.9.